The lowest BCUT2D eigenvalue weighted by atomic mass is 10.3. The van der Waals surface area contributed by atoms with Crippen LogP contribution in [0.5, 0.6) is 0 Å². The first kappa shape index (κ1) is 14.2. The van der Waals surface area contributed by atoms with Crippen molar-refractivity contribution in [2.24, 2.45) is 0 Å². The molecule has 0 spiro atoms. The third-order valence-corrected chi connectivity index (χ3v) is 4.70. The molecule has 1 heterocycles. The first-order chi connectivity index (χ1) is 8.79. The molecule has 0 aromatic heterocycles. The molecular formula is C10H11BrFN3O3S. The second-order valence-corrected chi connectivity index (χ2v) is 6.68. The minimum Gasteiger partial charge on any atom is -0.399 e. The molecule has 1 fully saturated rings. The van der Waals surface area contributed by atoms with Crippen LogP contribution in [0.1, 0.15) is 6.42 Å². The summed E-state index contributed by atoms with van der Waals surface area (Å²) < 4.78 is 40.2. The zero-order valence-corrected chi connectivity index (χ0v) is 12.0. The fourth-order valence-corrected chi connectivity index (χ4v) is 3.73. The quantitative estimate of drug-likeness (QED) is 0.683. The van der Waals surface area contributed by atoms with Gasteiger partial charge >= 0.3 is 0 Å². The number of halogens is 2. The molecule has 2 rings (SSSR count). The standard InChI is InChI=1S/C10H11BrFN3O3S/c11-7-1-5(13)2-8(10(7)12)19(17,18)15-6-3-9(16)14-4-6/h1-2,6,15H,3-4,13H2,(H,14,16). The van der Waals surface area contributed by atoms with Crippen LogP contribution in [-0.4, -0.2) is 26.9 Å². The average molecular weight is 352 g/mol. The molecule has 0 bridgehead atoms. The second kappa shape index (κ2) is 5.06. The lowest BCUT2D eigenvalue weighted by Crippen LogP contribution is -2.36. The molecule has 1 atom stereocenters. The predicted octanol–water partition coefficient (Wildman–Crippen LogP) is 0.337. The van der Waals surface area contributed by atoms with Crippen LogP contribution in [0.25, 0.3) is 0 Å². The Balaban J connectivity index is 2.32. The van der Waals surface area contributed by atoms with Crippen LogP contribution in [0.4, 0.5) is 10.1 Å². The number of benzene rings is 1. The van der Waals surface area contributed by atoms with Crippen molar-refractivity contribution in [3.05, 3.63) is 22.4 Å². The number of nitrogen functional groups attached to an aromatic ring is 1. The summed E-state index contributed by atoms with van der Waals surface area (Å²) in [5, 5.41) is 2.49. The Morgan fingerprint density at radius 1 is 1.47 bits per heavy atom. The Kier molecular flexibility index (Phi) is 3.79. The van der Waals surface area contributed by atoms with Gasteiger partial charge in [-0.05, 0) is 28.1 Å². The number of amides is 1. The fraction of sp³-hybridized carbons (Fsp3) is 0.300. The molecule has 19 heavy (non-hydrogen) atoms. The molecule has 1 aliphatic heterocycles. The van der Waals surface area contributed by atoms with Crippen molar-refractivity contribution < 1.29 is 17.6 Å². The smallest absolute Gasteiger partial charge is 0.243 e. The van der Waals surface area contributed by atoms with Crippen LogP contribution >= 0.6 is 15.9 Å². The van der Waals surface area contributed by atoms with Crippen molar-refractivity contribution in [3.8, 4) is 0 Å². The number of hydrogen-bond donors (Lipinski definition) is 3. The topological polar surface area (TPSA) is 101 Å². The van der Waals surface area contributed by atoms with Crippen molar-refractivity contribution in [1.82, 2.24) is 10.0 Å². The number of hydrogen-bond acceptors (Lipinski definition) is 4. The number of sulfonamides is 1. The lowest BCUT2D eigenvalue weighted by Gasteiger charge is -2.13. The van der Waals surface area contributed by atoms with Crippen molar-refractivity contribution in [2.45, 2.75) is 17.4 Å². The summed E-state index contributed by atoms with van der Waals surface area (Å²) in [6.07, 6.45) is 0.0321. The molecule has 4 N–H and O–H groups in total. The van der Waals surface area contributed by atoms with Crippen LogP contribution in [0, 0.1) is 5.82 Å². The normalized spacial score (nSPS) is 19.5. The molecule has 0 radical (unpaired) electrons. The summed E-state index contributed by atoms with van der Waals surface area (Å²) >= 11 is 2.90. The molecular weight excluding hydrogens is 341 g/mol. The Morgan fingerprint density at radius 3 is 2.74 bits per heavy atom. The van der Waals surface area contributed by atoms with E-state index in [2.05, 4.69) is 26.0 Å². The fourth-order valence-electron chi connectivity index (χ4n) is 1.75. The van der Waals surface area contributed by atoms with Crippen molar-refractivity contribution >= 4 is 37.5 Å². The largest absolute Gasteiger partial charge is 0.399 e. The number of anilines is 1. The van der Waals surface area contributed by atoms with Gasteiger partial charge in [-0.3, -0.25) is 4.79 Å². The molecule has 1 aromatic rings. The molecule has 1 aliphatic rings. The minimum atomic E-state index is -4.07. The van der Waals surface area contributed by atoms with E-state index in [1.165, 1.54) is 6.07 Å². The van der Waals surface area contributed by atoms with Gasteiger partial charge < -0.3 is 11.1 Å². The highest BCUT2D eigenvalue weighted by Gasteiger charge is 2.29. The van der Waals surface area contributed by atoms with Crippen LogP contribution in [0.2, 0.25) is 0 Å². The van der Waals surface area contributed by atoms with Crippen molar-refractivity contribution in [3.63, 3.8) is 0 Å². The van der Waals surface area contributed by atoms with Gasteiger partial charge in [-0.1, -0.05) is 0 Å². The number of carbonyl (C=O) groups excluding carboxylic acids is 1. The third kappa shape index (κ3) is 3.04. The SMILES string of the molecule is Nc1cc(Br)c(F)c(S(=O)(=O)NC2CNC(=O)C2)c1. The Bertz CT molecular complexity index is 635. The zero-order chi connectivity index (χ0) is 14.2. The van der Waals surface area contributed by atoms with Gasteiger partial charge in [-0.2, -0.15) is 0 Å². The van der Waals surface area contributed by atoms with Gasteiger partial charge in [0.1, 0.15) is 4.90 Å². The number of nitrogens with one attached hydrogen (secondary N) is 2. The number of carbonyl (C=O) groups is 1. The van der Waals surface area contributed by atoms with Crippen LogP contribution in [0.15, 0.2) is 21.5 Å². The first-order valence-corrected chi connectivity index (χ1v) is 7.61. The van der Waals surface area contributed by atoms with E-state index in [4.69, 9.17) is 5.73 Å². The molecule has 104 valence electrons. The average Bonchev–Trinajstić information content (AvgIpc) is 2.68. The first-order valence-electron chi connectivity index (χ1n) is 5.33. The highest BCUT2D eigenvalue weighted by atomic mass is 79.9. The lowest BCUT2D eigenvalue weighted by molar-refractivity contribution is -0.119. The molecule has 6 nitrogen and oxygen atoms in total. The van der Waals surface area contributed by atoms with E-state index in [-0.39, 0.29) is 29.0 Å². The van der Waals surface area contributed by atoms with Gasteiger partial charge in [0.25, 0.3) is 0 Å². The predicted molar refractivity (Wildman–Crippen MR) is 70.2 cm³/mol. The van der Waals surface area contributed by atoms with Gasteiger partial charge in [-0.25, -0.2) is 17.5 Å². The maximum absolute atomic E-state index is 13.8. The maximum atomic E-state index is 13.8. The summed E-state index contributed by atoms with van der Waals surface area (Å²) in [6, 6.07) is 1.72. The van der Waals surface area contributed by atoms with Crippen molar-refractivity contribution in [2.75, 3.05) is 12.3 Å². The molecule has 1 amide bonds. The maximum Gasteiger partial charge on any atom is 0.243 e. The third-order valence-electron chi connectivity index (χ3n) is 2.61. The highest BCUT2D eigenvalue weighted by Crippen LogP contribution is 2.26. The summed E-state index contributed by atoms with van der Waals surface area (Å²) in [6.45, 7) is 0.184. The summed E-state index contributed by atoms with van der Waals surface area (Å²) in [5.74, 6) is -1.17. The van der Waals surface area contributed by atoms with Gasteiger partial charge in [0.15, 0.2) is 5.82 Å². The zero-order valence-electron chi connectivity index (χ0n) is 9.61. The van der Waals surface area contributed by atoms with E-state index >= 15 is 0 Å². The van der Waals surface area contributed by atoms with Crippen LogP contribution in [-0.2, 0) is 14.8 Å². The summed E-state index contributed by atoms with van der Waals surface area (Å²) in [7, 11) is -4.07. The van der Waals surface area contributed by atoms with Crippen molar-refractivity contribution in [1.29, 1.82) is 0 Å². The van der Waals surface area contributed by atoms with Gasteiger partial charge in [0.2, 0.25) is 15.9 Å². The second-order valence-electron chi connectivity index (χ2n) is 4.14. The van der Waals surface area contributed by atoms with E-state index in [9.17, 15) is 17.6 Å². The van der Waals surface area contributed by atoms with E-state index in [1.54, 1.807) is 0 Å². The molecule has 0 saturated carbocycles. The van der Waals surface area contributed by atoms with Crippen LogP contribution in [0.3, 0.4) is 0 Å². The summed E-state index contributed by atoms with van der Waals surface area (Å²) in [4.78, 5) is 10.5. The van der Waals surface area contributed by atoms with Gasteiger partial charge in [0, 0.05) is 24.7 Å². The Hall–Kier alpha value is -1.19. The van der Waals surface area contributed by atoms with E-state index in [0.29, 0.717) is 0 Å². The molecule has 1 aromatic carbocycles. The Labute approximate surface area is 117 Å². The molecule has 0 aliphatic carbocycles. The molecule has 1 saturated heterocycles. The number of rotatable bonds is 3. The number of nitrogens with two attached hydrogens (primary N) is 1. The highest BCUT2D eigenvalue weighted by molar-refractivity contribution is 9.10. The van der Waals surface area contributed by atoms with E-state index in [1.807, 2.05) is 0 Å². The Morgan fingerprint density at radius 2 is 2.16 bits per heavy atom. The van der Waals surface area contributed by atoms with Gasteiger partial charge in [0.05, 0.1) is 4.47 Å². The van der Waals surface area contributed by atoms with Gasteiger partial charge in [-0.15, -0.1) is 0 Å². The monoisotopic (exact) mass is 351 g/mol. The summed E-state index contributed by atoms with van der Waals surface area (Å²) in [5.41, 5.74) is 5.62. The van der Waals surface area contributed by atoms with E-state index < -0.39 is 26.8 Å². The molecule has 1 unspecified atom stereocenters. The van der Waals surface area contributed by atoms with Crippen LogP contribution < -0.4 is 15.8 Å². The minimum absolute atomic E-state index is 0.0321. The molecule has 9 heteroatoms. The van der Waals surface area contributed by atoms with E-state index in [0.717, 1.165) is 6.07 Å².